The van der Waals surface area contributed by atoms with Crippen LogP contribution in [0.4, 0.5) is 10.1 Å². The third-order valence-corrected chi connectivity index (χ3v) is 2.37. The van der Waals surface area contributed by atoms with Gasteiger partial charge in [0.1, 0.15) is 5.82 Å². The van der Waals surface area contributed by atoms with Crippen molar-refractivity contribution < 1.29 is 9.18 Å². The molecule has 0 atom stereocenters. The van der Waals surface area contributed by atoms with Crippen molar-refractivity contribution in [1.82, 2.24) is 5.32 Å². The van der Waals surface area contributed by atoms with E-state index in [0.717, 1.165) is 4.47 Å². The van der Waals surface area contributed by atoms with Crippen molar-refractivity contribution in [3.05, 3.63) is 28.5 Å². The second-order valence-electron chi connectivity index (χ2n) is 2.97. The molecule has 0 saturated heterocycles. The molecule has 0 spiro atoms. The average molecular weight is 275 g/mol. The fraction of sp³-hybridized carbons (Fsp3) is 0.300. The molecule has 0 unspecified atom stereocenters. The summed E-state index contributed by atoms with van der Waals surface area (Å²) in [7, 11) is 1.57. The molecule has 1 rings (SSSR count). The van der Waals surface area contributed by atoms with E-state index in [1.165, 1.54) is 6.07 Å². The van der Waals surface area contributed by atoms with Gasteiger partial charge in [-0.3, -0.25) is 4.79 Å². The minimum Gasteiger partial charge on any atom is -0.382 e. The zero-order valence-electron chi connectivity index (χ0n) is 8.31. The maximum absolute atomic E-state index is 13.2. The summed E-state index contributed by atoms with van der Waals surface area (Å²) in [5.41, 5.74) is 0.397. The maximum Gasteiger partial charge on any atom is 0.221 e. The van der Waals surface area contributed by atoms with E-state index in [0.29, 0.717) is 18.7 Å². The normalized spacial score (nSPS) is 9.80. The standard InChI is InChI=1S/C10H12BrFN2O/c1-13-10(15)4-5-14-9-6-7(11)2-3-8(9)12/h2-3,6,14H,4-5H2,1H3,(H,13,15). The lowest BCUT2D eigenvalue weighted by atomic mass is 10.3. The number of carbonyl (C=O) groups excluding carboxylic acids is 1. The van der Waals surface area contributed by atoms with E-state index in [1.54, 1.807) is 19.2 Å². The summed E-state index contributed by atoms with van der Waals surface area (Å²) in [6.45, 7) is 0.410. The number of amides is 1. The van der Waals surface area contributed by atoms with Crippen LogP contribution in [0.25, 0.3) is 0 Å². The van der Waals surface area contributed by atoms with Crippen molar-refractivity contribution in [2.75, 3.05) is 18.9 Å². The zero-order valence-corrected chi connectivity index (χ0v) is 9.90. The highest BCUT2D eigenvalue weighted by Crippen LogP contribution is 2.19. The van der Waals surface area contributed by atoms with Gasteiger partial charge in [0.15, 0.2) is 0 Å². The van der Waals surface area contributed by atoms with Crippen LogP contribution in [0.1, 0.15) is 6.42 Å². The molecule has 15 heavy (non-hydrogen) atoms. The monoisotopic (exact) mass is 274 g/mol. The third kappa shape index (κ3) is 3.87. The van der Waals surface area contributed by atoms with Crippen LogP contribution in [0, 0.1) is 5.82 Å². The van der Waals surface area contributed by atoms with Gasteiger partial charge in [-0.1, -0.05) is 15.9 Å². The van der Waals surface area contributed by atoms with Crippen LogP contribution in [-0.2, 0) is 4.79 Å². The number of benzene rings is 1. The van der Waals surface area contributed by atoms with Crippen LogP contribution in [0.5, 0.6) is 0 Å². The van der Waals surface area contributed by atoms with Crippen LogP contribution in [-0.4, -0.2) is 19.5 Å². The smallest absolute Gasteiger partial charge is 0.221 e. The maximum atomic E-state index is 13.2. The first-order valence-corrected chi connectivity index (χ1v) is 5.32. The largest absolute Gasteiger partial charge is 0.382 e. The lowest BCUT2D eigenvalue weighted by Gasteiger charge is -2.07. The molecular weight excluding hydrogens is 263 g/mol. The van der Waals surface area contributed by atoms with Gasteiger partial charge in [-0.05, 0) is 18.2 Å². The number of rotatable bonds is 4. The summed E-state index contributed by atoms with van der Waals surface area (Å²) >= 11 is 3.24. The predicted octanol–water partition coefficient (Wildman–Crippen LogP) is 2.14. The zero-order chi connectivity index (χ0) is 11.3. The van der Waals surface area contributed by atoms with E-state index in [-0.39, 0.29) is 11.7 Å². The third-order valence-electron chi connectivity index (χ3n) is 1.87. The molecule has 0 fully saturated rings. The molecule has 0 aliphatic rings. The average Bonchev–Trinajstić information content (AvgIpc) is 2.23. The first kappa shape index (κ1) is 12.0. The first-order valence-electron chi connectivity index (χ1n) is 4.53. The fourth-order valence-corrected chi connectivity index (χ4v) is 1.43. The molecule has 82 valence electrons. The summed E-state index contributed by atoms with van der Waals surface area (Å²) in [6.07, 6.45) is 0.322. The number of hydrogen-bond donors (Lipinski definition) is 2. The Labute approximate surface area is 96.2 Å². The highest BCUT2D eigenvalue weighted by atomic mass is 79.9. The van der Waals surface area contributed by atoms with Crippen molar-refractivity contribution >= 4 is 27.5 Å². The van der Waals surface area contributed by atoms with E-state index in [2.05, 4.69) is 26.6 Å². The Balaban J connectivity index is 2.50. The highest BCUT2D eigenvalue weighted by molar-refractivity contribution is 9.10. The van der Waals surface area contributed by atoms with Crippen molar-refractivity contribution in [3.63, 3.8) is 0 Å². The molecule has 0 aliphatic heterocycles. The lowest BCUT2D eigenvalue weighted by molar-refractivity contribution is -0.120. The van der Waals surface area contributed by atoms with Crippen LogP contribution in [0.15, 0.2) is 22.7 Å². The van der Waals surface area contributed by atoms with Gasteiger partial charge < -0.3 is 10.6 Å². The van der Waals surface area contributed by atoms with Gasteiger partial charge in [0.25, 0.3) is 0 Å². The van der Waals surface area contributed by atoms with Crippen LogP contribution in [0.3, 0.4) is 0 Å². The Kier molecular flexibility index (Phi) is 4.55. The van der Waals surface area contributed by atoms with Gasteiger partial charge in [0.2, 0.25) is 5.91 Å². The Morgan fingerprint density at radius 3 is 2.93 bits per heavy atom. The summed E-state index contributed by atoms with van der Waals surface area (Å²) in [6, 6.07) is 4.63. The molecule has 0 heterocycles. The summed E-state index contributed by atoms with van der Waals surface area (Å²) in [4.78, 5) is 10.9. The Morgan fingerprint density at radius 2 is 2.27 bits per heavy atom. The fourth-order valence-electron chi connectivity index (χ4n) is 1.07. The minimum atomic E-state index is -0.324. The molecule has 2 N–H and O–H groups in total. The van der Waals surface area contributed by atoms with Crippen LogP contribution >= 0.6 is 15.9 Å². The van der Waals surface area contributed by atoms with Crippen molar-refractivity contribution in [1.29, 1.82) is 0 Å². The van der Waals surface area contributed by atoms with Gasteiger partial charge in [-0.2, -0.15) is 0 Å². The number of anilines is 1. The molecular formula is C10H12BrFN2O. The van der Waals surface area contributed by atoms with Gasteiger partial charge in [-0.15, -0.1) is 0 Å². The van der Waals surface area contributed by atoms with Crippen molar-refractivity contribution in [3.8, 4) is 0 Å². The van der Waals surface area contributed by atoms with Crippen LogP contribution in [0.2, 0.25) is 0 Å². The van der Waals surface area contributed by atoms with E-state index >= 15 is 0 Å². The highest BCUT2D eigenvalue weighted by Gasteiger charge is 2.03. The van der Waals surface area contributed by atoms with E-state index in [1.807, 2.05) is 0 Å². The van der Waals surface area contributed by atoms with Crippen molar-refractivity contribution in [2.24, 2.45) is 0 Å². The molecule has 0 aliphatic carbocycles. The van der Waals surface area contributed by atoms with Gasteiger partial charge in [-0.25, -0.2) is 4.39 Å². The molecule has 1 aromatic rings. The second-order valence-corrected chi connectivity index (χ2v) is 3.89. The molecule has 0 radical (unpaired) electrons. The lowest BCUT2D eigenvalue weighted by Crippen LogP contribution is -2.21. The molecule has 0 aromatic heterocycles. The SMILES string of the molecule is CNC(=O)CCNc1cc(Br)ccc1F. The van der Waals surface area contributed by atoms with Gasteiger partial charge in [0, 0.05) is 24.5 Å². The van der Waals surface area contributed by atoms with E-state index in [4.69, 9.17) is 0 Å². The second kappa shape index (κ2) is 5.70. The topological polar surface area (TPSA) is 41.1 Å². The molecule has 1 aromatic carbocycles. The number of hydrogen-bond acceptors (Lipinski definition) is 2. The van der Waals surface area contributed by atoms with E-state index in [9.17, 15) is 9.18 Å². The summed E-state index contributed by atoms with van der Waals surface area (Å²) < 4.78 is 14.0. The number of nitrogens with one attached hydrogen (secondary N) is 2. The molecule has 0 bridgehead atoms. The molecule has 1 amide bonds. The summed E-state index contributed by atoms with van der Waals surface area (Å²) in [5.74, 6) is -0.395. The first-order chi connectivity index (χ1) is 7.13. The van der Waals surface area contributed by atoms with E-state index < -0.39 is 0 Å². The molecule has 3 nitrogen and oxygen atoms in total. The molecule has 5 heteroatoms. The Hall–Kier alpha value is -1.10. The van der Waals surface area contributed by atoms with Crippen LogP contribution < -0.4 is 10.6 Å². The quantitative estimate of drug-likeness (QED) is 0.883. The Morgan fingerprint density at radius 1 is 1.53 bits per heavy atom. The van der Waals surface area contributed by atoms with Crippen molar-refractivity contribution in [2.45, 2.75) is 6.42 Å². The van der Waals surface area contributed by atoms with Gasteiger partial charge >= 0.3 is 0 Å². The number of halogens is 2. The summed E-state index contributed by atoms with van der Waals surface area (Å²) in [5, 5.41) is 5.35. The minimum absolute atomic E-state index is 0.0714. The molecule has 0 saturated carbocycles. The Bertz CT molecular complexity index is 357. The number of carbonyl (C=O) groups is 1. The predicted molar refractivity (Wildman–Crippen MR) is 61.3 cm³/mol. The van der Waals surface area contributed by atoms with Gasteiger partial charge in [0.05, 0.1) is 5.69 Å².